The van der Waals surface area contributed by atoms with Crippen molar-refractivity contribution in [3.8, 4) is 0 Å². The minimum absolute atomic E-state index is 0.190. The van der Waals surface area contributed by atoms with Crippen molar-refractivity contribution in [3.63, 3.8) is 0 Å². The van der Waals surface area contributed by atoms with Gasteiger partial charge in [0.25, 0.3) is 0 Å². The molecule has 3 rings (SSSR count). The molecule has 6 nitrogen and oxygen atoms in total. The SMILES string of the molecule is NCCc1c[nH]c2ccccc12.O=C(O)c1ccccc1C(=O)O. The molecule has 6 heteroatoms. The van der Waals surface area contributed by atoms with E-state index in [1.54, 1.807) is 0 Å². The van der Waals surface area contributed by atoms with Gasteiger partial charge in [-0.15, -0.1) is 0 Å². The molecule has 0 unspecified atom stereocenters. The second-order valence-corrected chi connectivity index (χ2v) is 5.05. The second kappa shape index (κ2) is 7.94. The lowest BCUT2D eigenvalue weighted by Gasteiger charge is -1.98. The first-order valence-electron chi connectivity index (χ1n) is 7.35. The van der Waals surface area contributed by atoms with E-state index in [-0.39, 0.29) is 11.1 Å². The number of benzene rings is 2. The summed E-state index contributed by atoms with van der Waals surface area (Å²) >= 11 is 0. The van der Waals surface area contributed by atoms with Gasteiger partial charge in [-0.3, -0.25) is 0 Å². The highest BCUT2D eigenvalue weighted by Gasteiger charge is 2.13. The van der Waals surface area contributed by atoms with Crippen LogP contribution in [-0.2, 0) is 6.42 Å². The third kappa shape index (κ3) is 3.99. The molecule has 0 radical (unpaired) electrons. The lowest BCUT2D eigenvalue weighted by Crippen LogP contribution is -2.06. The standard InChI is InChI=1S/C10H12N2.C8H6O4/c11-6-5-8-7-12-10-4-2-1-3-9(8)10;9-7(10)5-3-1-2-4-6(5)8(11)12/h1-4,7,12H,5-6,11H2;1-4H,(H,9,10)(H,11,12). The van der Waals surface area contributed by atoms with Gasteiger partial charge in [-0.2, -0.15) is 0 Å². The Hall–Kier alpha value is -3.12. The van der Waals surface area contributed by atoms with E-state index < -0.39 is 11.9 Å². The number of H-pyrrole nitrogens is 1. The zero-order valence-corrected chi connectivity index (χ0v) is 12.9. The number of aromatic carboxylic acids is 2. The van der Waals surface area contributed by atoms with Crippen LogP contribution < -0.4 is 5.73 Å². The van der Waals surface area contributed by atoms with Crippen molar-refractivity contribution in [1.29, 1.82) is 0 Å². The number of rotatable bonds is 4. The van der Waals surface area contributed by atoms with Crippen LogP contribution in [0.4, 0.5) is 0 Å². The van der Waals surface area contributed by atoms with Gasteiger partial charge in [0.05, 0.1) is 11.1 Å². The monoisotopic (exact) mass is 326 g/mol. The summed E-state index contributed by atoms with van der Waals surface area (Å²) in [7, 11) is 0. The van der Waals surface area contributed by atoms with Crippen LogP contribution in [0.2, 0.25) is 0 Å². The molecule has 24 heavy (non-hydrogen) atoms. The highest BCUT2D eigenvalue weighted by molar-refractivity contribution is 6.01. The molecule has 0 saturated heterocycles. The van der Waals surface area contributed by atoms with Gasteiger partial charge in [-0.25, -0.2) is 9.59 Å². The van der Waals surface area contributed by atoms with Crippen LogP contribution in [0.15, 0.2) is 54.7 Å². The summed E-state index contributed by atoms with van der Waals surface area (Å²) in [4.78, 5) is 24.1. The maximum atomic E-state index is 10.5. The summed E-state index contributed by atoms with van der Waals surface area (Å²) in [6.45, 7) is 0.710. The Bertz CT molecular complexity index is 822. The van der Waals surface area contributed by atoms with E-state index in [9.17, 15) is 9.59 Å². The van der Waals surface area contributed by atoms with Gasteiger partial charge in [0.2, 0.25) is 0 Å². The van der Waals surface area contributed by atoms with Crippen molar-refractivity contribution < 1.29 is 19.8 Å². The number of fused-ring (bicyclic) bond motifs is 1. The molecular formula is C18H18N2O4. The minimum atomic E-state index is -1.23. The van der Waals surface area contributed by atoms with E-state index in [1.807, 2.05) is 12.3 Å². The summed E-state index contributed by atoms with van der Waals surface area (Å²) < 4.78 is 0. The number of nitrogens with one attached hydrogen (secondary N) is 1. The zero-order valence-electron chi connectivity index (χ0n) is 12.9. The molecule has 1 aromatic heterocycles. The molecule has 2 aromatic carbocycles. The summed E-state index contributed by atoms with van der Waals surface area (Å²) in [5.41, 5.74) is 7.63. The Morgan fingerprint density at radius 3 is 2.00 bits per heavy atom. The van der Waals surface area contributed by atoms with Gasteiger partial charge in [-0.05, 0) is 36.7 Å². The van der Waals surface area contributed by atoms with Gasteiger partial charge < -0.3 is 20.9 Å². The summed E-state index contributed by atoms with van der Waals surface area (Å²) in [5.74, 6) is -2.46. The molecule has 0 saturated carbocycles. The molecule has 0 aliphatic carbocycles. The van der Waals surface area contributed by atoms with E-state index in [0.29, 0.717) is 6.54 Å². The predicted octanol–water partition coefficient (Wildman–Crippen LogP) is 2.75. The first kappa shape index (κ1) is 17.2. The van der Waals surface area contributed by atoms with Crippen LogP contribution in [0.25, 0.3) is 10.9 Å². The predicted molar refractivity (Wildman–Crippen MR) is 91.4 cm³/mol. The summed E-state index contributed by atoms with van der Waals surface area (Å²) in [6.07, 6.45) is 2.99. The van der Waals surface area contributed by atoms with E-state index in [1.165, 1.54) is 40.7 Å². The number of nitrogens with two attached hydrogens (primary N) is 1. The van der Waals surface area contributed by atoms with Crippen molar-refractivity contribution in [2.45, 2.75) is 6.42 Å². The Kier molecular flexibility index (Phi) is 5.70. The number of carboxylic acid groups (broad SMARTS) is 2. The van der Waals surface area contributed by atoms with Gasteiger partial charge in [0, 0.05) is 17.1 Å². The Balaban J connectivity index is 0.000000174. The average molecular weight is 326 g/mol. The molecule has 5 N–H and O–H groups in total. The van der Waals surface area contributed by atoms with Crippen molar-refractivity contribution in [1.82, 2.24) is 4.98 Å². The molecule has 1 heterocycles. The van der Waals surface area contributed by atoms with Crippen molar-refractivity contribution in [2.24, 2.45) is 5.73 Å². The van der Waals surface area contributed by atoms with Crippen molar-refractivity contribution in [2.75, 3.05) is 6.54 Å². The third-order valence-corrected chi connectivity index (χ3v) is 3.48. The fourth-order valence-electron chi connectivity index (χ4n) is 2.35. The highest BCUT2D eigenvalue weighted by atomic mass is 16.4. The largest absolute Gasteiger partial charge is 0.478 e. The molecule has 0 aliphatic rings. The Morgan fingerprint density at radius 2 is 1.46 bits per heavy atom. The fourth-order valence-corrected chi connectivity index (χ4v) is 2.35. The van der Waals surface area contributed by atoms with Gasteiger partial charge in [0.15, 0.2) is 0 Å². The van der Waals surface area contributed by atoms with E-state index in [0.717, 1.165) is 6.42 Å². The molecule has 0 aliphatic heterocycles. The molecule has 0 bridgehead atoms. The molecule has 0 fully saturated rings. The molecular weight excluding hydrogens is 308 g/mol. The number of carbonyl (C=O) groups is 2. The number of para-hydroxylation sites is 1. The maximum absolute atomic E-state index is 10.5. The average Bonchev–Trinajstić information content (AvgIpc) is 2.99. The fraction of sp³-hybridized carbons (Fsp3) is 0.111. The second-order valence-electron chi connectivity index (χ2n) is 5.05. The lowest BCUT2D eigenvalue weighted by atomic mass is 10.1. The van der Waals surface area contributed by atoms with Crippen LogP contribution in [-0.4, -0.2) is 33.7 Å². The number of aromatic amines is 1. The molecule has 0 amide bonds. The first-order chi connectivity index (χ1) is 11.5. The van der Waals surface area contributed by atoms with E-state index >= 15 is 0 Å². The van der Waals surface area contributed by atoms with Crippen LogP contribution in [0.5, 0.6) is 0 Å². The summed E-state index contributed by atoms with van der Waals surface area (Å²) in [6, 6.07) is 13.8. The van der Waals surface area contributed by atoms with Crippen LogP contribution >= 0.6 is 0 Å². The van der Waals surface area contributed by atoms with E-state index in [2.05, 4.69) is 23.2 Å². The number of hydrogen-bond acceptors (Lipinski definition) is 3. The Morgan fingerprint density at radius 1 is 0.917 bits per heavy atom. The van der Waals surface area contributed by atoms with E-state index in [4.69, 9.17) is 15.9 Å². The number of carboxylic acids is 2. The molecule has 0 atom stereocenters. The highest BCUT2D eigenvalue weighted by Crippen LogP contribution is 2.17. The molecule has 124 valence electrons. The lowest BCUT2D eigenvalue weighted by molar-refractivity contribution is 0.0651. The first-order valence-corrected chi connectivity index (χ1v) is 7.35. The van der Waals surface area contributed by atoms with Crippen LogP contribution in [0.1, 0.15) is 26.3 Å². The summed E-state index contributed by atoms with van der Waals surface area (Å²) in [5, 5.41) is 18.4. The maximum Gasteiger partial charge on any atom is 0.336 e. The Labute approximate surface area is 138 Å². The van der Waals surface area contributed by atoms with Gasteiger partial charge in [0.1, 0.15) is 0 Å². The molecule has 3 aromatic rings. The van der Waals surface area contributed by atoms with Crippen LogP contribution in [0.3, 0.4) is 0 Å². The normalized spacial score (nSPS) is 10.0. The van der Waals surface area contributed by atoms with Crippen molar-refractivity contribution in [3.05, 3.63) is 71.4 Å². The van der Waals surface area contributed by atoms with Gasteiger partial charge >= 0.3 is 11.9 Å². The number of aromatic nitrogens is 1. The third-order valence-electron chi connectivity index (χ3n) is 3.48. The topological polar surface area (TPSA) is 116 Å². The quantitative estimate of drug-likeness (QED) is 0.588. The minimum Gasteiger partial charge on any atom is -0.478 e. The number of hydrogen-bond donors (Lipinski definition) is 4. The smallest absolute Gasteiger partial charge is 0.336 e. The molecule has 0 spiro atoms. The zero-order chi connectivity index (χ0) is 17.5. The van der Waals surface area contributed by atoms with Gasteiger partial charge in [-0.1, -0.05) is 30.3 Å². The van der Waals surface area contributed by atoms with Crippen molar-refractivity contribution >= 4 is 22.8 Å². The van der Waals surface area contributed by atoms with Crippen LogP contribution in [0, 0.1) is 0 Å².